The summed E-state index contributed by atoms with van der Waals surface area (Å²) < 4.78 is 0. The van der Waals surface area contributed by atoms with E-state index in [-0.39, 0.29) is 43.3 Å². The van der Waals surface area contributed by atoms with Gasteiger partial charge in [-0.2, -0.15) is 0 Å². The molecule has 0 saturated heterocycles. The second kappa shape index (κ2) is 9.70. The lowest BCUT2D eigenvalue weighted by Gasteiger charge is -2.21. The van der Waals surface area contributed by atoms with Gasteiger partial charge < -0.3 is 15.5 Å². The summed E-state index contributed by atoms with van der Waals surface area (Å²) in [6.45, 7) is 8.18. The van der Waals surface area contributed by atoms with Crippen LogP contribution in [0.1, 0.15) is 43.1 Å². The van der Waals surface area contributed by atoms with Crippen molar-refractivity contribution in [2.24, 2.45) is 0 Å². The van der Waals surface area contributed by atoms with Crippen LogP contribution in [-0.4, -0.2) is 48.3 Å². The number of likely N-dealkylation sites (N-methyl/N-ethyl adjacent to an activating group) is 1. The molecule has 0 spiro atoms. The lowest BCUT2D eigenvalue weighted by molar-refractivity contribution is -0.135. The summed E-state index contributed by atoms with van der Waals surface area (Å²) in [7, 11) is 0. The van der Waals surface area contributed by atoms with Gasteiger partial charge in [0.1, 0.15) is 0 Å². The van der Waals surface area contributed by atoms with Crippen LogP contribution < -0.4 is 10.6 Å². The summed E-state index contributed by atoms with van der Waals surface area (Å²) in [5.74, 6) is -0.521. The fourth-order valence-corrected chi connectivity index (χ4v) is 2.28. The molecule has 0 heterocycles. The highest BCUT2D eigenvalue weighted by atomic mass is 16.2. The summed E-state index contributed by atoms with van der Waals surface area (Å²) in [4.78, 5) is 37.5. The first-order valence-electron chi connectivity index (χ1n) is 8.26. The fraction of sp³-hybridized carbons (Fsp3) is 0.500. The van der Waals surface area contributed by atoms with Gasteiger partial charge in [0.2, 0.25) is 11.8 Å². The van der Waals surface area contributed by atoms with E-state index in [4.69, 9.17) is 0 Å². The van der Waals surface area contributed by atoms with Crippen molar-refractivity contribution in [3.05, 3.63) is 35.4 Å². The van der Waals surface area contributed by atoms with Crippen molar-refractivity contribution >= 4 is 17.7 Å². The normalized spacial score (nSPS) is 10.4. The van der Waals surface area contributed by atoms with Gasteiger partial charge in [-0.05, 0) is 39.3 Å². The Bertz CT molecular complexity index is 585. The third kappa shape index (κ3) is 6.40. The third-order valence-corrected chi connectivity index (χ3v) is 3.53. The number of amides is 3. The number of rotatable bonds is 8. The molecule has 132 valence electrons. The van der Waals surface area contributed by atoms with Crippen LogP contribution >= 0.6 is 0 Å². The van der Waals surface area contributed by atoms with E-state index in [1.165, 1.54) is 4.90 Å². The van der Waals surface area contributed by atoms with Crippen molar-refractivity contribution in [1.82, 2.24) is 15.5 Å². The SMILES string of the molecule is CCN(CC(=O)NC(C)C)C(=O)CCNC(=O)c1ccccc1C. The van der Waals surface area contributed by atoms with E-state index in [9.17, 15) is 14.4 Å². The molecular weight excluding hydrogens is 306 g/mol. The van der Waals surface area contributed by atoms with Crippen molar-refractivity contribution < 1.29 is 14.4 Å². The first-order valence-corrected chi connectivity index (χ1v) is 8.26. The van der Waals surface area contributed by atoms with Crippen molar-refractivity contribution in [2.45, 2.75) is 40.2 Å². The number of hydrogen-bond donors (Lipinski definition) is 2. The van der Waals surface area contributed by atoms with Crippen molar-refractivity contribution in [2.75, 3.05) is 19.6 Å². The minimum atomic E-state index is -0.193. The molecule has 0 unspecified atom stereocenters. The Labute approximate surface area is 143 Å². The van der Waals surface area contributed by atoms with Gasteiger partial charge in [-0.1, -0.05) is 18.2 Å². The van der Waals surface area contributed by atoms with Crippen molar-refractivity contribution in [3.8, 4) is 0 Å². The van der Waals surface area contributed by atoms with Crippen LogP contribution in [0.15, 0.2) is 24.3 Å². The molecule has 1 aromatic rings. The summed E-state index contributed by atoms with van der Waals surface area (Å²) in [6.07, 6.45) is 0.167. The monoisotopic (exact) mass is 333 g/mol. The molecule has 1 rings (SSSR count). The van der Waals surface area contributed by atoms with Gasteiger partial charge in [-0.25, -0.2) is 0 Å². The second-order valence-electron chi connectivity index (χ2n) is 5.95. The van der Waals surface area contributed by atoms with Gasteiger partial charge in [-0.3, -0.25) is 14.4 Å². The average Bonchev–Trinajstić information content (AvgIpc) is 2.52. The number of benzene rings is 1. The summed E-state index contributed by atoms with van der Waals surface area (Å²) in [5.41, 5.74) is 1.50. The molecule has 1 aromatic carbocycles. The molecule has 0 aliphatic heterocycles. The van der Waals surface area contributed by atoms with E-state index in [0.717, 1.165) is 5.56 Å². The van der Waals surface area contributed by atoms with Crippen LogP contribution in [0.5, 0.6) is 0 Å². The molecule has 6 heteroatoms. The van der Waals surface area contributed by atoms with Gasteiger partial charge in [0.25, 0.3) is 5.91 Å². The molecule has 0 fully saturated rings. The van der Waals surface area contributed by atoms with Gasteiger partial charge in [0, 0.05) is 31.1 Å². The number of carbonyl (C=O) groups is 3. The average molecular weight is 333 g/mol. The zero-order chi connectivity index (χ0) is 18.1. The topological polar surface area (TPSA) is 78.5 Å². The smallest absolute Gasteiger partial charge is 0.251 e. The highest BCUT2D eigenvalue weighted by Gasteiger charge is 2.16. The van der Waals surface area contributed by atoms with Crippen LogP contribution in [0.2, 0.25) is 0 Å². The van der Waals surface area contributed by atoms with E-state index in [1.54, 1.807) is 12.1 Å². The maximum atomic E-state index is 12.2. The highest BCUT2D eigenvalue weighted by Crippen LogP contribution is 2.06. The van der Waals surface area contributed by atoms with E-state index < -0.39 is 0 Å². The van der Waals surface area contributed by atoms with E-state index in [0.29, 0.717) is 12.1 Å². The molecular formula is C18H27N3O3. The quantitative estimate of drug-likeness (QED) is 0.756. The minimum absolute atomic E-state index is 0.0409. The Balaban J connectivity index is 2.45. The lowest BCUT2D eigenvalue weighted by Crippen LogP contribution is -2.43. The standard InChI is InChI=1S/C18H27N3O3/c1-5-21(12-16(22)20-13(2)3)17(23)10-11-19-18(24)15-9-7-6-8-14(15)4/h6-9,13H,5,10-12H2,1-4H3,(H,19,24)(H,20,22). The fourth-order valence-electron chi connectivity index (χ4n) is 2.28. The van der Waals surface area contributed by atoms with Crippen LogP contribution in [0.4, 0.5) is 0 Å². The molecule has 0 saturated carbocycles. The van der Waals surface area contributed by atoms with Gasteiger partial charge in [0.15, 0.2) is 0 Å². The maximum absolute atomic E-state index is 12.2. The largest absolute Gasteiger partial charge is 0.352 e. The molecule has 0 aliphatic rings. The number of aryl methyl sites for hydroxylation is 1. The van der Waals surface area contributed by atoms with Crippen LogP contribution in [0, 0.1) is 6.92 Å². The Kier molecular flexibility index (Phi) is 7.95. The lowest BCUT2D eigenvalue weighted by atomic mass is 10.1. The molecule has 0 aliphatic carbocycles. The van der Waals surface area contributed by atoms with Crippen molar-refractivity contribution in [3.63, 3.8) is 0 Å². The minimum Gasteiger partial charge on any atom is -0.352 e. The van der Waals surface area contributed by atoms with Gasteiger partial charge in [0.05, 0.1) is 6.54 Å². The molecule has 0 radical (unpaired) electrons. The zero-order valence-electron chi connectivity index (χ0n) is 14.9. The molecule has 0 atom stereocenters. The first kappa shape index (κ1) is 19.7. The Hall–Kier alpha value is -2.37. The van der Waals surface area contributed by atoms with Gasteiger partial charge in [-0.15, -0.1) is 0 Å². The zero-order valence-corrected chi connectivity index (χ0v) is 14.9. The summed E-state index contributed by atoms with van der Waals surface area (Å²) >= 11 is 0. The molecule has 2 N–H and O–H groups in total. The molecule has 3 amide bonds. The number of nitrogens with one attached hydrogen (secondary N) is 2. The van der Waals surface area contributed by atoms with Crippen molar-refractivity contribution in [1.29, 1.82) is 0 Å². The second-order valence-corrected chi connectivity index (χ2v) is 5.95. The van der Waals surface area contributed by atoms with Crippen LogP contribution in [0.3, 0.4) is 0 Å². The number of carbonyl (C=O) groups excluding carboxylic acids is 3. The molecule has 0 bridgehead atoms. The van der Waals surface area contributed by atoms with Crippen LogP contribution in [-0.2, 0) is 9.59 Å². The van der Waals surface area contributed by atoms with E-state index in [1.807, 2.05) is 39.8 Å². The highest BCUT2D eigenvalue weighted by molar-refractivity contribution is 5.95. The third-order valence-electron chi connectivity index (χ3n) is 3.53. The first-order chi connectivity index (χ1) is 11.3. The Morgan fingerprint density at radius 2 is 1.83 bits per heavy atom. The van der Waals surface area contributed by atoms with E-state index in [2.05, 4.69) is 10.6 Å². The molecule has 0 aromatic heterocycles. The predicted molar refractivity (Wildman–Crippen MR) is 93.7 cm³/mol. The number of hydrogen-bond acceptors (Lipinski definition) is 3. The number of nitrogens with zero attached hydrogens (tertiary/aromatic N) is 1. The predicted octanol–water partition coefficient (Wildman–Crippen LogP) is 1.49. The Morgan fingerprint density at radius 1 is 1.17 bits per heavy atom. The summed E-state index contributed by atoms with van der Waals surface area (Å²) in [5, 5.41) is 5.51. The maximum Gasteiger partial charge on any atom is 0.251 e. The Morgan fingerprint density at radius 3 is 2.42 bits per heavy atom. The summed E-state index contributed by atoms with van der Waals surface area (Å²) in [6, 6.07) is 7.34. The van der Waals surface area contributed by atoms with E-state index >= 15 is 0 Å². The van der Waals surface area contributed by atoms with Gasteiger partial charge >= 0.3 is 0 Å². The van der Waals surface area contributed by atoms with Crippen LogP contribution in [0.25, 0.3) is 0 Å². The molecule has 24 heavy (non-hydrogen) atoms. The molecule has 6 nitrogen and oxygen atoms in total.